The van der Waals surface area contributed by atoms with Crippen LogP contribution in [0.15, 0.2) is 16.6 Å². The molecule has 0 amide bonds. The van der Waals surface area contributed by atoms with E-state index in [4.69, 9.17) is 4.74 Å². The summed E-state index contributed by atoms with van der Waals surface area (Å²) in [5, 5.41) is 10.8. The predicted octanol–water partition coefficient (Wildman–Crippen LogP) is 2.77. The smallest absolute Gasteiger partial charge is 0.310 e. The van der Waals surface area contributed by atoms with Gasteiger partial charge in [0.1, 0.15) is 0 Å². The zero-order chi connectivity index (χ0) is 13.0. The molecule has 0 bridgehead atoms. The third kappa shape index (κ3) is 3.52. The monoisotopic (exact) mass is 301 g/mol. The molecular weight excluding hydrogens is 290 g/mol. The number of carbonyl (C=O) groups is 1. The van der Waals surface area contributed by atoms with E-state index in [1.54, 1.807) is 19.9 Å². The predicted molar refractivity (Wildman–Crippen MR) is 65.9 cm³/mol. The van der Waals surface area contributed by atoms with Crippen LogP contribution in [0, 0.1) is 17.0 Å². The van der Waals surface area contributed by atoms with Gasteiger partial charge in [0.05, 0.1) is 18.0 Å². The normalized spacial score (nSPS) is 10.1. The van der Waals surface area contributed by atoms with Crippen LogP contribution in [-0.4, -0.2) is 17.5 Å². The molecule has 0 aromatic heterocycles. The molecule has 0 aliphatic rings. The largest absolute Gasteiger partial charge is 0.466 e. The maximum atomic E-state index is 11.3. The van der Waals surface area contributed by atoms with E-state index in [2.05, 4.69) is 15.9 Å². The van der Waals surface area contributed by atoms with Crippen LogP contribution in [0.25, 0.3) is 0 Å². The van der Waals surface area contributed by atoms with Crippen LogP contribution < -0.4 is 0 Å². The lowest BCUT2D eigenvalue weighted by Crippen LogP contribution is -2.08. The molecule has 6 heteroatoms. The highest BCUT2D eigenvalue weighted by Gasteiger charge is 2.16. The Balaban J connectivity index is 3.02. The lowest BCUT2D eigenvalue weighted by molar-refractivity contribution is -0.385. The van der Waals surface area contributed by atoms with Crippen molar-refractivity contribution in [3.63, 3.8) is 0 Å². The summed E-state index contributed by atoms with van der Waals surface area (Å²) in [6, 6.07) is 3.09. The number of ether oxygens (including phenoxy) is 1. The Bertz CT molecular complexity index is 459. The lowest BCUT2D eigenvalue weighted by Gasteiger charge is -2.05. The molecule has 0 heterocycles. The third-order valence-corrected chi connectivity index (χ3v) is 3.05. The van der Waals surface area contributed by atoms with Gasteiger partial charge < -0.3 is 4.74 Å². The van der Waals surface area contributed by atoms with Crippen LogP contribution >= 0.6 is 15.9 Å². The number of nitrogens with zero attached hydrogens (tertiary/aromatic N) is 1. The number of esters is 1. The Labute approximate surface area is 107 Å². The van der Waals surface area contributed by atoms with E-state index in [0.29, 0.717) is 22.2 Å². The summed E-state index contributed by atoms with van der Waals surface area (Å²) >= 11 is 3.24. The Kier molecular flexibility index (Phi) is 4.62. The van der Waals surface area contributed by atoms with Gasteiger partial charge in [-0.1, -0.05) is 15.9 Å². The molecular formula is C11H12BrNO4. The quantitative estimate of drug-likeness (QED) is 0.487. The number of rotatable bonds is 4. The maximum Gasteiger partial charge on any atom is 0.310 e. The third-order valence-electron chi connectivity index (χ3n) is 2.23. The molecule has 17 heavy (non-hydrogen) atoms. The molecule has 0 unspecified atom stereocenters. The van der Waals surface area contributed by atoms with Gasteiger partial charge in [0.2, 0.25) is 0 Å². The van der Waals surface area contributed by atoms with Gasteiger partial charge in [-0.2, -0.15) is 0 Å². The fourth-order valence-electron chi connectivity index (χ4n) is 1.39. The Morgan fingerprint density at radius 1 is 1.53 bits per heavy atom. The second-order valence-electron chi connectivity index (χ2n) is 3.46. The highest BCUT2D eigenvalue weighted by atomic mass is 79.9. The van der Waals surface area contributed by atoms with Crippen LogP contribution in [0.4, 0.5) is 5.69 Å². The van der Waals surface area contributed by atoms with Gasteiger partial charge >= 0.3 is 5.97 Å². The minimum atomic E-state index is -0.464. The molecule has 1 aromatic carbocycles. The van der Waals surface area contributed by atoms with Crippen molar-refractivity contribution in [3.05, 3.63) is 37.8 Å². The van der Waals surface area contributed by atoms with Crippen LogP contribution in [-0.2, 0) is 16.0 Å². The number of carbonyl (C=O) groups excluding carboxylic acids is 1. The second-order valence-corrected chi connectivity index (χ2v) is 4.32. The number of hydrogen-bond donors (Lipinski definition) is 0. The van der Waals surface area contributed by atoms with Gasteiger partial charge in [-0.25, -0.2) is 0 Å². The summed E-state index contributed by atoms with van der Waals surface area (Å²) in [6.45, 7) is 3.66. The molecule has 0 fully saturated rings. The van der Waals surface area contributed by atoms with E-state index >= 15 is 0 Å². The van der Waals surface area contributed by atoms with Gasteiger partial charge in [0.25, 0.3) is 5.69 Å². The molecule has 0 atom stereocenters. The van der Waals surface area contributed by atoms with Crippen molar-refractivity contribution in [2.24, 2.45) is 0 Å². The molecule has 0 radical (unpaired) electrons. The summed E-state index contributed by atoms with van der Waals surface area (Å²) in [6.07, 6.45) is 0.0353. The Morgan fingerprint density at radius 3 is 2.71 bits per heavy atom. The van der Waals surface area contributed by atoms with Crippen molar-refractivity contribution in [1.82, 2.24) is 0 Å². The highest BCUT2D eigenvalue weighted by Crippen LogP contribution is 2.28. The number of nitro groups is 1. The summed E-state index contributed by atoms with van der Waals surface area (Å²) in [7, 11) is 0. The van der Waals surface area contributed by atoms with Gasteiger partial charge in [0.15, 0.2) is 0 Å². The lowest BCUT2D eigenvalue weighted by atomic mass is 10.1. The average molecular weight is 302 g/mol. The molecule has 1 rings (SSSR count). The van der Waals surface area contributed by atoms with Crippen LogP contribution in [0.5, 0.6) is 0 Å². The van der Waals surface area contributed by atoms with E-state index < -0.39 is 10.9 Å². The molecule has 1 aromatic rings. The molecule has 0 aliphatic heterocycles. The molecule has 0 saturated heterocycles. The van der Waals surface area contributed by atoms with E-state index in [0.717, 1.165) is 0 Å². The van der Waals surface area contributed by atoms with Gasteiger partial charge in [-0.3, -0.25) is 14.9 Å². The SMILES string of the molecule is CCOC(=O)Cc1cc(Br)c(C)c([N+](=O)[O-])c1. The summed E-state index contributed by atoms with van der Waals surface area (Å²) in [5.41, 5.74) is 1.11. The maximum absolute atomic E-state index is 11.3. The first kappa shape index (κ1) is 13.6. The first-order chi connectivity index (χ1) is 7.95. The van der Waals surface area contributed by atoms with E-state index in [1.807, 2.05) is 0 Å². The fourth-order valence-corrected chi connectivity index (χ4v) is 1.89. The fraction of sp³-hybridized carbons (Fsp3) is 0.364. The molecule has 0 aliphatic carbocycles. The molecule has 92 valence electrons. The van der Waals surface area contributed by atoms with Crippen LogP contribution in [0.1, 0.15) is 18.1 Å². The zero-order valence-electron chi connectivity index (χ0n) is 9.53. The zero-order valence-corrected chi connectivity index (χ0v) is 11.1. The van der Waals surface area contributed by atoms with Crippen LogP contribution in [0.2, 0.25) is 0 Å². The van der Waals surface area contributed by atoms with Crippen molar-refractivity contribution in [1.29, 1.82) is 0 Å². The summed E-state index contributed by atoms with van der Waals surface area (Å²) < 4.78 is 5.41. The minimum absolute atomic E-state index is 0.00123. The first-order valence-corrected chi connectivity index (χ1v) is 5.84. The Hall–Kier alpha value is -1.43. The van der Waals surface area contributed by atoms with Crippen molar-refractivity contribution >= 4 is 27.6 Å². The van der Waals surface area contributed by atoms with Gasteiger partial charge in [-0.05, 0) is 25.5 Å². The number of halogens is 1. The topological polar surface area (TPSA) is 69.4 Å². The number of nitro benzene ring substituents is 1. The van der Waals surface area contributed by atoms with Crippen molar-refractivity contribution < 1.29 is 14.5 Å². The molecule has 0 saturated carbocycles. The Morgan fingerprint density at radius 2 is 2.18 bits per heavy atom. The first-order valence-electron chi connectivity index (χ1n) is 5.04. The molecule has 0 N–H and O–H groups in total. The van der Waals surface area contributed by atoms with Crippen molar-refractivity contribution in [2.45, 2.75) is 20.3 Å². The van der Waals surface area contributed by atoms with Gasteiger partial charge in [0, 0.05) is 16.1 Å². The minimum Gasteiger partial charge on any atom is -0.466 e. The molecule has 0 spiro atoms. The summed E-state index contributed by atoms with van der Waals surface area (Å²) in [5.74, 6) is -0.391. The van der Waals surface area contributed by atoms with Crippen LogP contribution in [0.3, 0.4) is 0 Å². The average Bonchev–Trinajstić information content (AvgIpc) is 2.23. The molecule has 5 nitrogen and oxygen atoms in total. The summed E-state index contributed by atoms with van der Waals surface area (Å²) in [4.78, 5) is 21.6. The number of hydrogen-bond acceptors (Lipinski definition) is 4. The second kappa shape index (κ2) is 5.77. The number of benzene rings is 1. The van der Waals surface area contributed by atoms with Gasteiger partial charge in [-0.15, -0.1) is 0 Å². The standard InChI is InChI=1S/C11H12BrNO4/c1-3-17-11(14)6-8-4-9(12)7(2)10(5-8)13(15)16/h4-5H,3,6H2,1-2H3. The van der Waals surface area contributed by atoms with E-state index in [9.17, 15) is 14.9 Å². The highest BCUT2D eigenvalue weighted by molar-refractivity contribution is 9.10. The van der Waals surface area contributed by atoms with Crippen molar-refractivity contribution in [2.75, 3.05) is 6.61 Å². The van der Waals surface area contributed by atoms with E-state index in [-0.39, 0.29) is 12.1 Å². The van der Waals surface area contributed by atoms with Crippen molar-refractivity contribution in [3.8, 4) is 0 Å². The van der Waals surface area contributed by atoms with E-state index in [1.165, 1.54) is 6.07 Å².